The Morgan fingerprint density at radius 3 is 2.24 bits per heavy atom. The number of hydrogen-bond acceptors (Lipinski definition) is 0. The van der Waals surface area contributed by atoms with Gasteiger partial charge in [-0.25, -0.2) is 0 Å². The molecule has 0 amide bonds. The molecule has 0 radical (unpaired) electrons. The zero-order valence-corrected chi connectivity index (χ0v) is 22.1. The Morgan fingerprint density at radius 2 is 1.38 bits per heavy atom. The number of allylic oxidation sites excluding steroid dienone is 2. The van der Waals surface area contributed by atoms with E-state index in [9.17, 15) is 0 Å². The van der Waals surface area contributed by atoms with Gasteiger partial charge in [0.25, 0.3) is 0 Å². The topological polar surface area (TPSA) is 0 Å². The fourth-order valence-electron chi connectivity index (χ4n) is 5.29. The molecule has 164 valence electrons. The van der Waals surface area contributed by atoms with Crippen molar-refractivity contribution in [2.75, 3.05) is 0 Å². The first-order valence-corrected chi connectivity index (χ1v) is 14.7. The van der Waals surface area contributed by atoms with Gasteiger partial charge in [-0.1, -0.05) is 0 Å². The SMILES string of the molecule is CC1=Cc2c(-c3ccccc3)cccc2[CH]1[Ti][CH]1C(Pc2ccccc2C)=Cc2ccccc21. The molecule has 6 rings (SSSR count). The molecule has 0 fully saturated rings. The van der Waals surface area contributed by atoms with E-state index in [0.29, 0.717) is 8.45 Å². The first kappa shape index (κ1) is 22.0. The molecule has 0 N–H and O–H groups in total. The normalized spacial score (nSPS) is 18.5. The molecule has 34 heavy (non-hydrogen) atoms. The zero-order valence-electron chi connectivity index (χ0n) is 19.5. The van der Waals surface area contributed by atoms with E-state index in [2.05, 4.69) is 123 Å². The monoisotopic (exact) mass is 490 g/mol. The number of rotatable bonds is 5. The van der Waals surface area contributed by atoms with Crippen LogP contribution in [0.25, 0.3) is 23.3 Å². The second kappa shape index (κ2) is 9.28. The molecule has 0 spiro atoms. The molecule has 0 nitrogen and oxygen atoms in total. The maximum atomic E-state index is 2.50. The van der Waals surface area contributed by atoms with Crippen molar-refractivity contribution < 1.29 is 19.2 Å². The number of hydrogen-bond donors (Lipinski definition) is 0. The Labute approximate surface area is 213 Å². The molecular formula is C32H27PTi. The summed E-state index contributed by atoms with van der Waals surface area (Å²) in [5, 5.41) is 3.12. The van der Waals surface area contributed by atoms with Crippen molar-refractivity contribution in [3.05, 3.63) is 136 Å². The van der Waals surface area contributed by atoms with E-state index >= 15 is 0 Å². The molecule has 4 aromatic carbocycles. The van der Waals surface area contributed by atoms with Crippen LogP contribution in [-0.4, -0.2) is 0 Å². The van der Waals surface area contributed by atoms with Crippen molar-refractivity contribution in [3.8, 4) is 11.1 Å². The predicted molar refractivity (Wildman–Crippen MR) is 145 cm³/mol. The first-order valence-electron chi connectivity index (χ1n) is 11.9. The summed E-state index contributed by atoms with van der Waals surface area (Å²) in [6, 6.07) is 35.8. The van der Waals surface area contributed by atoms with Crippen LogP contribution in [0.1, 0.15) is 43.2 Å². The van der Waals surface area contributed by atoms with Crippen LogP contribution >= 0.6 is 8.58 Å². The average Bonchev–Trinajstić information content (AvgIpc) is 3.38. The quantitative estimate of drug-likeness (QED) is 0.195. The Bertz CT molecular complexity index is 1430. The molecule has 0 saturated carbocycles. The Balaban J connectivity index is 1.37. The van der Waals surface area contributed by atoms with Gasteiger partial charge in [-0.15, -0.1) is 0 Å². The molecule has 4 aromatic rings. The molecule has 3 atom stereocenters. The summed E-state index contributed by atoms with van der Waals surface area (Å²) in [6.45, 7) is 4.61. The predicted octanol–water partition coefficient (Wildman–Crippen LogP) is 8.30. The van der Waals surface area contributed by atoms with E-state index in [4.69, 9.17) is 0 Å². The molecule has 2 aliphatic rings. The third kappa shape index (κ3) is 3.99. The second-order valence-electron chi connectivity index (χ2n) is 9.26. The molecule has 0 bridgehead atoms. The van der Waals surface area contributed by atoms with Gasteiger partial charge in [-0.3, -0.25) is 0 Å². The molecule has 2 heteroatoms. The van der Waals surface area contributed by atoms with Crippen LogP contribution in [0.15, 0.2) is 108 Å². The minimum atomic E-state index is -0.338. The number of benzene rings is 4. The van der Waals surface area contributed by atoms with Gasteiger partial charge in [-0.2, -0.15) is 0 Å². The van der Waals surface area contributed by atoms with Crippen molar-refractivity contribution in [1.29, 1.82) is 0 Å². The molecule has 0 aliphatic heterocycles. The van der Waals surface area contributed by atoms with Gasteiger partial charge in [0.1, 0.15) is 0 Å². The first-order chi connectivity index (χ1) is 16.7. The summed E-state index contributed by atoms with van der Waals surface area (Å²) in [5.74, 6) is 0. The van der Waals surface area contributed by atoms with Crippen LogP contribution in [0.3, 0.4) is 0 Å². The second-order valence-corrected chi connectivity index (χ2v) is 13.0. The van der Waals surface area contributed by atoms with E-state index < -0.39 is 0 Å². The van der Waals surface area contributed by atoms with Crippen LogP contribution in [-0.2, 0) is 19.2 Å². The third-order valence-corrected chi connectivity index (χ3v) is 12.3. The van der Waals surface area contributed by atoms with Gasteiger partial charge < -0.3 is 0 Å². The van der Waals surface area contributed by atoms with Crippen LogP contribution < -0.4 is 5.30 Å². The molecule has 0 saturated heterocycles. The van der Waals surface area contributed by atoms with E-state index in [0.717, 1.165) is 8.58 Å². The average molecular weight is 490 g/mol. The molecule has 2 aliphatic carbocycles. The Hall–Kier alpha value is -2.50. The van der Waals surface area contributed by atoms with Crippen molar-refractivity contribution in [1.82, 2.24) is 0 Å². The Morgan fingerprint density at radius 1 is 0.647 bits per heavy atom. The standard InChI is InChI=1S/C16H14P.C16H13.Ti/c1-12-6-2-5-9-16(12)17-15-10-13-7-3-4-8-14(13)11-15;1-12-10-14-8-5-9-15(16(14)11-12)13-6-3-2-4-7-13;/h2-11,17H,1H3;2-11H,1H3;. The fraction of sp³-hybridized carbons (Fsp3) is 0.125. The summed E-state index contributed by atoms with van der Waals surface area (Å²) in [6.07, 6.45) is 4.98. The van der Waals surface area contributed by atoms with Gasteiger partial charge >= 0.3 is 214 Å². The summed E-state index contributed by atoms with van der Waals surface area (Å²) in [5.41, 5.74) is 11.6. The summed E-state index contributed by atoms with van der Waals surface area (Å²) < 4.78 is 1.17. The third-order valence-electron chi connectivity index (χ3n) is 7.05. The van der Waals surface area contributed by atoms with Crippen LogP contribution in [0, 0.1) is 6.92 Å². The Kier molecular flexibility index (Phi) is 6.00. The van der Waals surface area contributed by atoms with Gasteiger partial charge in [0, 0.05) is 0 Å². The molecular weight excluding hydrogens is 463 g/mol. The van der Waals surface area contributed by atoms with E-state index in [1.165, 1.54) is 33.1 Å². The van der Waals surface area contributed by atoms with E-state index in [-0.39, 0.29) is 19.2 Å². The van der Waals surface area contributed by atoms with Crippen molar-refractivity contribution >= 4 is 26.0 Å². The van der Waals surface area contributed by atoms with Crippen LogP contribution in [0.5, 0.6) is 0 Å². The van der Waals surface area contributed by atoms with Crippen LogP contribution in [0.4, 0.5) is 0 Å². The summed E-state index contributed by atoms with van der Waals surface area (Å²) in [7, 11) is 0.749. The van der Waals surface area contributed by atoms with Crippen molar-refractivity contribution in [2.45, 2.75) is 22.3 Å². The van der Waals surface area contributed by atoms with E-state index in [1.807, 2.05) is 0 Å². The molecule has 0 aromatic heterocycles. The van der Waals surface area contributed by atoms with Gasteiger partial charge in [0.2, 0.25) is 0 Å². The fourth-order valence-corrected chi connectivity index (χ4v) is 10.1. The maximum absolute atomic E-state index is 2.50. The van der Waals surface area contributed by atoms with Gasteiger partial charge in [0.05, 0.1) is 0 Å². The minimum absolute atomic E-state index is 0.338. The molecule has 3 unspecified atom stereocenters. The van der Waals surface area contributed by atoms with Crippen LogP contribution in [0.2, 0.25) is 0 Å². The van der Waals surface area contributed by atoms with Gasteiger partial charge in [-0.05, 0) is 0 Å². The molecule has 0 heterocycles. The van der Waals surface area contributed by atoms with Gasteiger partial charge in [0.15, 0.2) is 0 Å². The van der Waals surface area contributed by atoms with Crippen molar-refractivity contribution in [3.63, 3.8) is 0 Å². The summed E-state index contributed by atoms with van der Waals surface area (Å²) >= 11 is -0.338. The zero-order chi connectivity index (χ0) is 23.1. The number of aryl methyl sites for hydroxylation is 1. The number of fused-ring (bicyclic) bond motifs is 2. The summed E-state index contributed by atoms with van der Waals surface area (Å²) in [4.78, 5) is 0. The van der Waals surface area contributed by atoms with Crippen molar-refractivity contribution in [2.24, 2.45) is 0 Å². The van der Waals surface area contributed by atoms with E-state index in [1.54, 1.807) is 22.0 Å².